The van der Waals surface area contributed by atoms with Crippen LogP contribution in [-0.4, -0.2) is 34.6 Å². The van der Waals surface area contributed by atoms with Crippen LogP contribution in [0, 0.1) is 0 Å². The number of aliphatic hydroxyl groups excluding tert-OH is 1. The van der Waals surface area contributed by atoms with Gasteiger partial charge in [-0.15, -0.1) is 11.3 Å². The summed E-state index contributed by atoms with van der Waals surface area (Å²) in [6, 6.07) is 7.32. The summed E-state index contributed by atoms with van der Waals surface area (Å²) in [4.78, 5) is 31.3. The molecule has 0 spiro atoms. The summed E-state index contributed by atoms with van der Waals surface area (Å²) in [5.74, 6) is -0.339. The van der Waals surface area contributed by atoms with E-state index in [1.54, 1.807) is 11.1 Å². The van der Waals surface area contributed by atoms with Crippen LogP contribution in [0.15, 0.2) is 30.5 Å². The van der Waals surface area contributed by atoms with E-state index in [0.29, 0.717) is 24.0 Å². The van der Waals surface area contributed by atoms with Crippen LogP contribution in [0.25, 0.3) is 0 Å². The maximum Gasteiger partial charge on any atom is 0.255 e. The highest BCUT2D eigenvalue weighted by Crippen LogP contribution is 2.28. The van der Waals surface area contributed by atoms with Crippen molar-refractivity contribution in [1.29, 1.82) is 0 Å². The number of hydrogen-bond donors (Lipinski definition) is 2. The van der Waals surface area contributed by atoms with Gasteiger partial charge in [-0.05, 0) is 30.5 Å². The van der Waals surface area contributed by atoms with Crippen molar-refractivity contribution in [3.63, 3.8) is 0 Å². The number of nitrogens with one attached hydrogen (secondary N) is 1. The van der Waals surface area contributed by atoms with E-state index in [9.17, 15) is 14.7 Å². The normalized spacial score (nSPS) is 18.4. The SMILES string of the molecule is CC(C)c1cnc(NC(=O)C(C)c2ccc(N3CC[C@H](O)C3=O)cc2)s1. The molecule has 0 aliphatic carbocycles. The number of thiazole rings is 1. The molecule has 6 nitrogen and oxygen atoms in total. The number of benzene rings is 1. The van der Waals surface area contributed by atoms with Gasteiger partial charge in [0.1, 0.15) is 6.10 Å². The zero-order valence-electron chi connectivity index (χ0n) is 15.1. The molecule has 1 fully saturated rings. The first kappa shape index (κ1) is 18.5. The standard InChI is InChI=1S/C19H23N3O3S/c1-11(2)16-10-20-19(26-16)21-17(24)12(3)13-4-6-14(7-5-13)22-9-8-15(23)18(22)25/h4-7,10-12,15,23H,8-9H2,1-3H3,(H,20,21,24)/t12?,15-/m0/s1. The fourth-order valence-corrected chi connectivity index (χ4v) is 3.66. The number of nitrogens with zero attached hydrogens (tertiary/aromatic N) is 2. The summed E-state index contributed by atoms with van der Waals surface area (Å²) in [7, 11) is 0. The van der Waals surface area contributed by atoms with Crippen molar-refractivity contribution in [3.8, 4) is 0 Å². The van der Waals surface area contributed by atoms with Crippen molar-refractivity contribution in [2.75, 3.05) is 16.8 Å². The van der Waals surface area contributed by atoms with Crippen LogP contribution in [0.4, 0.5) is 10.8 Å². The molecule has 7 heteroatoms. The summed E-state index contributed by atoms with van der Waals surface area (Å²) in [5.41, 5.74) is 1.60. The molecule has 26 heavy (non-hydrogen) atoms. The number of anilines is 2. The topological polar surface area (TPSA) is 82.5 Å². The van der Waals surface area contributed by atoms with Crippen molar-refractivity contribution in [3.05, 3.63) is 40.9 Å². The minimum absolute atomic E-state index is 0.116. The Hall–Kier alpha value is -2.25. The molecule has 138 valence electrons. The molecule has 0 bridgehead atoms. The van der Waals surface area contributed by atoms with Crippen LogP contribution in [0.1, 0.15) is 49.5 Å². The van der Waals surface area contributed by atoms with Crippen molar-refractivity contribution < 1.29 is 14.7 Å². The van der Waals surface area contributed by atoms with Crippen molar-refractivity contribution in [2.24, 2.45) is 0 Å². The van der Waals surface area contributed by atoms with Gasteiger partial charge < -0.3 is 15.3 Å². The van der Waals surface area contributed by atoms with Crippen molar-refractivity contribution in [2.45, 2.75) is 45.1 Å². The lowest BCUT2D eigenvalue weighted by Crippen LogP contribution is -2.29. The Morgan fingerprint density at radius 3 is 2.54 bits per heavy atom. The first-order valence-corrected chi connectivity index (χ1v) is 9.54. The molecular weight excluding hydrogens is 350 g/mol. The minimum atomic E-state index is -0.909. The molecule has 1 aromatic heterocycles. The van der Waals surface area contributed by atoms with Crippen LogP contribution in [0.5, 0.6) is 0 Å². The highest BCUT2D eigenvalue weighted by molar-refractivity contribution is 7.15. The number of carbonyl (C=O) groups is 2. The zero-order chi connectivity index (χ0) is 18.8. The Labute approximate surface area is 156 Å². The van der Waals surface area contributed by atoms with Crippen molar-refractivity contribution >= 4 is 34.0 Å². The van der Waals surface area contributed by atoms with E-state index in [0.717, 1.165) is 16.1 Å². The fourth-order valence-electron chi connectivity index (χ4n) is 2.84. The highest BCUT2D eigenvalue weighted by Gasteiger charge is 2.30. The van der Waals surface area contributed by atoms with Crippen LogP contribution in [0.3, 0.4) is 0 Å². The Kier molecular flexibility index (Phi) is 5.38. The third kappa shape index (κ3) is 3.78. The van der Waals surface area contributed by atoms with Gasteiger partial charge in [0.2, 0.25) is 5.91 Å². The largest absolute Gasteiger partial charge is 0.383 e. The van der Waals surface area contributed by atoms with E-state index in [-0.39, 0.29) is 17.7 Å². The van der Waals surface area contributed by atoms with Gasteiger partial charge in [-0.1, -0.05) is 26.0 Å². The van der Waals surface area contributed by atoms with Crippen LogP contribution in [-0.2, 0) is 9.59 Å². The number of amides is 2. The van der Waals surface area contributed by atoms with Gasteiger partial charge in [-0.25, -0.2) is 4.98 Å². The molecule has 0 saturated carbocycles. The summed E-state index contributed by atoms with van der Waals surface area (Å²) in [5, 5.41) is 13.1. The molecule has 2 atom stereocenters. The first-order chi connectivity index (χ1) is 12.4. The van der Waals surface area contributed by atoms with E-state index >= 15 is 0 Å². The fraction of sp³-hybridized carbons (Fsp3) is 0.421. The third-order valence-electron chi connectivity index (χ3n) is 4.60. The molecule has 0 radical (unpaired) electrons. The number of rotatable bonds is 5. The zero-order valence-corrected chi connectivity index (χ0v) is 15.9. The Balaban J connectivity index is 1.66. The van der Waals surface area contributed by atoms with Gasteiger partial charge >= 0.3 is 0 Å². The van der Waals surface area contributed by atoms with Gasteiger partial charge in [-0.2, -0.15) is 0 Å². The smallest absolute Gasteiger partial charge is 0.255 e. The van der Waals surface area contributed by atoms with Crippen LogP contribution < -0.4 is 10.2 Å². The van der Waals surface area contributed by atoms with E-state index in [1.807, 2.05) is 31.2 Å². The van der Waals surface area contributed by atoms with E-state index in [2.05, 4.69) is 24.1 Å². The summed E-state index contributed by atoms with van der Waals surface area (Å²) in [6.45, 7) is 6.53. The number of aliphatic hydroxyl groups is 1. The number of carbonyl (C=O) groups excluding carboxylic acids is 2. The predicted octanol–water partition coefficient (Wildman–Crippen LogP) is 3.11. The summed E-state index contributed by atoms with van der Waals surface area (Å²) in [6.07, 6.45) is 1.34. The first-order valence-electron chi connectivity index (χ1n) is 8.72. The van der Waals surface area contributed by atoms with E-state index in [1.165, 1.54) is 11.3 Å². The molecule has 2 amide bonds. The molecule has 1 aromatic carbocycles. The maximum absolute atomic E-state index is 12.5. The quantitative estimate of drug-likeness (QED) is 0.844. The summed E-state index contributed by atoms with van der Waals surface area (Å²) >= 11 is 1.49. The molecule has 1 saturated heterocycles. The average Bonchev–Trinajstić information content (AvgIpc) is 3.22. The van der Waals surface area contributed by atoms with Gasteiger partial charge in [-0.3, -0.25) is 9.59 Å². The lowest BCUT2D eigenvalue weighted by atomic mass is 10.00. The molecule has 2 aromatic rings. The molecule has 1 aliphatic heterocycles. The van der Waals surface area contributed by atoms with Crippen molar-refractivity contribution in [1.82, 2.24) is 4.98 Å². The minimum Gasteiger partial charge on any atom is -0.383 e. The Morgan fingerprint density at radius 2 is 2.00 bits per heavy atom. The highest BCUT2D eigenvalue weighted by atomic mass is 32.1. The Morgan fingerprint density at radius 1 is 1.31 bits per heavy atom. The molecule has 2 heterocycles. The Bertz CT molecular complexity index is 801. The molecule has 1 unspecified atom stereocenters. The summed E-state index contributed by atoms with van der Waals surface area (Å²) < 4.78 is 0. The predicted molar refractivity (Wildman–Crippen MR) is 103 cm³/mol. The molecule has 1 aliphatic rings. The average molecular weight is 373 g/mol. The maximum atomic E-state index is 12.5. The lowest BCUT2D eigenvalue weighted by molar-refractivity contribution is -0.124. The number of aromatic nitrogens is 1. The molecule has 3 rings (SSSR count). The second-order valence-corrected chi connectivity index (χ2v) is 7.88. The molecular formula is C19H23N3O3S. The third-order valence-corrected chi connectivity index (χ3v) is 5.81. The van der Waals surface area contributed by atoms with E-state index < -0.39 is 6.10 Å². The van der Waals surface area contributed by atoms with E-state index in [4.69, 9.17) is 0 Å². The van der Waals surface area contributed by atoms with Gasteiger partial charge in [0.25, 0.3) is 5.91 Å². The van der Waals surface area contributed by atoms with Gasteiger partial charge in [0, 0.05) is 29.7 Å². The number of hydrogen-bond acceptors (Lipinski definition) is 5. The monoisotopic (exact) mass is 373 g/mol. The van der Waals surface area contributed by atoms with Crippen LogP contribution >= 0.6 is 11.3 Å². The second kappa shape index (κ2) is 7.55. The lowest BCUT2D eigenvalue weighted by Gasteiger charge is -2.17. The van der Waals surface area contributed by atoms with Crippen LogP contribution in [0.2, 0.25) is 0 Å². The van der Waals surface area contributed by atoms with Gasteiger partial charge in [0.15, 0.2) is 5.13 Å². The van der Waals surface area contributed by atoms with Gasteiger partial charge in [0.05, 0.1) is 5.92 Å². The second-order valence-electron chi connectivity index (χ2n) is 6.82. The molecule has 2 N–H and O–H groups in total.